The highest BCUT2D eigenvalue weighted by molar-refractivity contribution is 7.47. The van der Waals surface area contributed by atoms with Crippen molar-refractivity contribution in [2.75, 3.05) is 13.2 Å². The van der Waals surface area contributed by atoms with Gasteiger partial charge in [0.15, 0.2) is 6.10 Å². The number of carbonyl (C=O) groups excluding carboxylic acids is 2. The fraction of sp³-hybridized carbons (Fsp3) is 0.796. The maximum atomic E-state index is 12.8. The van der Waals surface area contributed by atoms with E-state index < -0.39 is 81.8 Å². The van der Waals surface area contributed by atoms with E-state index in [1.807, 2.05) is 42.5 Å². The number of hydrogen-bond donors (Lipinski definition) is 7. The van der Waals surface area contributed by atoms with Gasteiger partial charge in [0, 0.05) is 12.8 Å². The van der Waals surface area contributed by atoms with Crippen LogP contribution in [0.15, 0.2) is 48.6 Å². The van der Waals surface area contributed by atoms with Gasteiger partial charge in [0.05, 0.1) is 12.7 Å². The molecule has 14 nitrogen and oxygen atoms in total. The third kappa shape index (κ3) is 30.9. The van der Waals surface area contributed by atoms with Crippen LogP contribution < -0.4 is 0 Å². The molecule has 15 heteroatoms. The van der Waals surface area contributed by atoms with Crippen molar-refractivity contribution in [2.45, 2.75) is 236 Å². The summed E-state index contributed by atoms with van der Waals surface area (Å²) in [6.07, 6.45) is 29.2. The number of aliphatic hydroxyl groups is 6. The zero-order valence-corrected chi connectivity index (χ0v) is 40.1. The lowest BCUT2D eigenvalue weighted by Crippen LogP contribution is -2.64. The van der Waals surface area contributed by atoms with Gasteiger partial charge in [0.2, 0.25) is 0 Å². The van der Waals surface area contributed by atoms with Crippen LogP contribution >= 0.6 is 7.82 Å². The predicted molar refractivity (Wildman–Crippen MR) is 250 cm³/mol. The van der Waals surface area contributed by atoms with Crippen LogP contribution in [0, 0.1) is 0 Å². The number of carbonyl (C=O) groups is 2. The van der Waals surface area contributed by atoms with Crippen molar-refractivity contribution < 1.29 is 68.2 Å². The number of ether oxygens (including phenoxy) is 2. The van der Waals surface area contributed by atoms with Crippen molar-refractivity contribution in [1.29, 1.82) is 0 Å². The molecular weight excluding hydrogens is 843 g/mol. The minimum atomic E-state index is -5.15. The van der Waals surface area contributed by atoms with Crippen molar-refractivity contribution in [1.82, 2.24) is 0 Å². The van der Waals surface area contributed by atoms with Crippen LogP contribution in [0.5, 0.6) is 0 Å². The summed E-state index contributed by atoms with van der Waals surface area (Å²) in [7, 11) is -5.15. The molecule has 64 heavy (non-hydrogen) atoms. The lowest BCUT2D eigenvalue weighted by Gasteiger charge is -2.41. The Morgan fingerprint density at radius 2 is 1.03 bits per heavy atom. The third-order valence-corrected chi connectivity index (χ3v) is 12.3. The Balaban J connectivity index is 2.49. The van der Waals surface area contributed by atoms with E-state index in [4.69, 9.17) is 18.5 Å². The van der Waals surface area contributed by atoms with E-state index in [2.05, 4.69) is 13.8 Å². The van der Waals surface area contributed by atoms with E-state index in [9.17, 15) is 49.7 Å². The van der Waals surface area contributed by atoms with Crippen molar-refractivity contribution in [3.8, 4) is 0 Å². The molecule has 0 aromatic rings. The molecule has 0 bridgehead atoms. The van der Waals surface area contributed by atoms with Gasteiger partial charge < -0.3 is 45.0 Å². The average molecular weight is 931 g/mol. The molecule has 0 aromatic heterocycles. The smallest absolute Gasteiger partial charge is 0.462 e. The number of hydrogen-bond acceptors (Lipinski definition) is 13. The van der Waals surface area contributed by atoms with Crippen LogP contribution in [0.1, 0.15) is 187 Å². The number of phosphoric acid groups is 1. The molecule has 1 fully saturated rings. The SMILES string of the molecule is CCCCCCCCCCCCCCCCCCCC(=O)OC[C@H](COP(=O)(O)OC1[C@H](O)[C@H](O)C(O)[C@H](O)[C@H]1O)OC(=O)CCC/C=C\C/C=C\C/C=C\C=C\[C@@H](O)CCCCC. The molecule has 0 radical (unpaired) electrons. The summed E-state index contributed by atoms with van der Waals surface area (Å²) in [5.41, 5.74) is 0. The van der Waals surface area contributed by atoms with E-state index in [0.29, 0.717) is 25.7 Å². The van der Waals surface area contributed by atoms with Gasteiger partial charge in [-0.1, -0.05) is 184 Å². The molecule has 0 spiro atoms. The number of phosphoric ester groups is 1. The topological polar surface area (TPSA) is 230 Å². The molecule has 3 unspecified atom stereocenters. The van der Waals surface area contributed by atoms with Gasteiger partial charge in [-0.25, -0.2) is 4.57 Å². The van der Waals surface area contributed by atoms with Gasteiger partial charge in [-0.2, -0.15) is 0 Å². The van der Waals surface area contributed by atoms with E-state index >= 15 is 0 Å². The summed E-state index contributed by atoms with van der Waals surface area (Å²) in [5, 5.41) is 60.1. The average Bonchev–Trinajstić information content (AvgIpc) is 3.27. The highest BCUT2D eigenvalue weighted by Crippen LogP contribution is 2.47. The molecule has 9 atom stereocenters. The molecule has 1 rings (SSSR count). The maximum absolute atomic E-state index is 12.8. The minimum absolute atomic E-state index is 0.00133. The number of rotatable bonds is 40. The predicted octanol–water partition coefficient (Wildman–Crippen LogP) is 8.92. The lowest BCUT2D eigenvalue weighted by atomic mass is 9.85. The number of unbranched alkanes of at least 4 members (excludes halogenated alkanes) is 19. The molecule has 0 saturated heterocycles. The molecule has 1 aliphatic carbocycles. The fourth-order valence-electron chi connectivity index (χ4n) is 7.27. The van der Waals surface area contributed by atoms with Crippen LogP contribution in [0.25, 0.3) is 0 Å². The number of aliphatic hydroxyl groups excluding tert-OH is 6. The van der Waals surface area contributed by atoms with Crippen LogP contribution in [0.2, 0.25) is 0 Å². The first-order valence-electron chi connectivity index (χ1n) is 24.5. The first-order valence-corrected chi connectivity index (χ1v) is 26.0. The maximum Gasteiger partial charge on any atom is 0.472 e. The Hall–Kier alpha value is -2.23. The normalized spacial score (nSPS) is 22.5. The van der Waals surface area contributed by atoms with Gasteiger partial charge in [0.25, 0.3) is 0 Å². The molecule has 0 amide bonds. The third-order valence-electron chi connectivity index (χ3n) is 11.3. The second-order valence-electron chi connectivity index (χ2n) is 17.2. The number of esters is 2. The second kappa shape index (κ2) is 38.8. The molecule has 0 aliphatic heterocycles. The molecule has 372 valence electrons. The summed E-state index contributed by atoms with van der Waals surface area (Å²) < 4.78 is 33.5. The van der Waals surface area contributed by atoms with E-state index in [0.717, 1.165) is 51.4 Å². The first kappa shape index (κ1) is 59.8. The van der Waals surface area contributed by atoms with Crippen LogP contribution in [-0.4, -0.2) is 110 Å². The molecule has 0 heterocycles. The van der Waals surface area contributed by atoms with Gasteiger partial charge in [-0.3, -0.25) is 18.6 Å². The summed E-state index contributed by atoms with van der Waals surface area (Å²) >= 11 is 0. The summed E-state index contributed by atoms with van der Waals surface area (Å²) in [4.78, 5) is 35.7. The molecular formula is C49H87O14P. The summed E-state index contributed by atoms with van der Waals surface area (Å²) in [6.45, 7) is 3.14. The zero-order chi connectivity index (χ0) is 47.3. The van der Waals surface area contributed by atoms with E-state index in [-0.39, 0.29) is 12.8 Å². The Morgan fingerprint density at radius 1 is 0.562 bits per heavy atom. The molecule has 0 aromatic carbocycles. The van der Waals surface area contributed by atoms with Crippen molar-refractivity contribution >= 4 is 19.8 Å². The zero-order valence-electron chi connectivity index (χ0n) is 39.2. The lowest BCUT2D eigenvalue weighted by molar-refractivity contribution is -0.220. The van der Waals surface area contributed by atoms with Gasteiger partial charge in [-0.15, -0.1) is 0 Å². The van der Waals surface area contributed by atoms with Crippen LogP contribution in [-0.2, 0) is 32.7 Å². The van der Waals surface area contributed by atoms with Gasteiger partial charge in [-0.05, 0) is 38.5 Å². The molecule has 7 N–H and O–H groups in total. The largest absolute Gasteiger partial charge is 0.472 e. The standard InChI is InChI=1S/C49H87O14P/c1-3-5-7-8-9-10-11-12-13-14-15-16-19-22-25-28-32-36-42(51)60-38-41(39-61-64(58,59)63-49-47(56)45(54)44(53)46(55)48(49)57)62-43(52)37-33-29-26-23-20-17-18-21-24-27-31-35-40(50)34-30-6-4-2/h17-18,23-24,26-27,31,35,40-41,44-50,53-57H,3-16,19-22,25,28-30,32-34,36-39H2,1-2H3,(H,58,59)/b18-17-,26-23-,27-24-,35-31+/t40-,41+,44?,45-,46+,47+,48+,49?/m0/s1. The summed E-state index contributed by atoms with van der Waals surface area (Å²) in [5.74, 6) is -1.19. The first-order chi connectivity index (χ1) is 30.8. The highest BCUT2D eigenvalue weighted by Gasteiger charge is 2.51. The van der Waals surface area contributed by atoms with E-state index in [1.165, 1.54) is 83.5 Å². The van der Waals surface area contributed by atoms with Gasteiger partial charge in [0.1, 0.15) is 43.2 Å². The van der Waals surface area contributed by atoms with Crippen molar-refractivity contribution in [3.05, 3.63) is 48.6 Å². The number of allylic oxidation sites excluding steroid dienone is 7. The monoisotopic (exact) mass is 931 g/mol. The Labute approximate surface area is 384 Å². The van der Waals surface area contributed by atoms with Crippen molar-refractivity contribution in [3.63, 3.8) is 0 Å². The minimum Gasteiger partial charge on any atom is -0.462 e. The van der Waals surface area contributed by atoms with E-state index in [1.54, 1.807) is 6.08 Å². The Kier molecular flexibility index (Phi) is 36.3. The second-order valence-corrected chi connectivity index (χ2v) is 18.6. The van der Waals surface area contributed by atoms with Crippen LogP contribution in [0.4, 0.5) is 0 Å². The Bertz CT molecular complexity index is 1320. The van der Waals surface area contributed by atoms with Crippen LogP contribution in [0.3, 0.4) is 0 Å². The fourth-order valence-corrected chi connectivity index (χ4v) is 8.25. The van der Waals surface area contributed by atoms with Crippen molar-refractivity contribution in [2.24, 2.45) is 0 Å². The quantitative estimate of drug-likeness (QED) is 0.0100. The molecule has 1 aliphatic rings. The Morgan fingerprint density at radius 3 is 1.59 bits per heavy atom. The summed E-state index contributed by atoms with van der Waals surface area (Å²) in [6, 6.07) is 0. The van der Waals surface area contributed by atoms with Gasteiger partial charge >= 0.3 is 19.8 Å². The highest BCUT2D eigenvalue weighted by atomic mass is 31.2. The molecule has 1 saturated carbocycles.